The molecular formula is C55H94N2O3. The summed E-state index contributed by atoms with van der Waals surface area (Å²) in [6, 6.07) is 0. The summed E-state index contributed by atoms with van der Waals surface area (Å²) in [5.74, 6) is 5.39. The molecule has 0 aromatic carbocycles. The summed E-state index contributed by atoms with van der Waals surface area (Å²) < 4.78 is 21.3. The van der Waals surface area contributed by atoms with Crippen LogP contribution in [0.1, 0.15) is 202 Å². The fourth-order valence-electron chi connectivity index (χ4n) is 12.7. The molecule has 5 heteroatoms. The zero-order chi connectivity index (χ0) is 42.5. The number of nitrogens with zero attached hydrogens (tertiary/aromatic N) is 2. The van der Waals surface area contributed by atoms with Crippen molar-refractivity contribution in [1.29, 1.82) is 0 Å². The van der Waals surface area contributed by atoms with Gasteiger partial charge in [-0.05, 0) is 149 Å². The van der Waals surface area contributed by atoms with Crippen LogP contribution in [-0.4, -0.2) is 48.2 Å². The lowest BCUT2D eigenvalue weighted by molar-refractivity contribution is -0.0648. The Morgan fingerprint density at radius 2 is 1.53 bits per heavy atom. The lowest BCUT2D eigenvalue weighted by Gasteiger charge is -2.58. The van der Waals surface area contributed by atoms with Crippen LogP contribution in [0.4, 0.5) is 0 Å². The van der Waals surface area contributed by atoms with Crippen LogP contribution < -0.4 is 0 Å². The van der Waals surface area contributed by atoms with Crippen LogP contribution >= 0.6 is 0 Å². The summed E-state index contributed by atoms with van der Waals surface area (Å²) in [4.78, 5) is 4.25. The summed E-state index contributed by atoms with van der Waals surface area (Å²) in [5, 5.41) is 0. The van der Waals surface area contributed by atoms with Gasteiger partial charge in [-0.3, -0.25) is 0 Å². The zero-order valence-electron chi connectivity index (χ0n) is 40.1. The number of hydrogen-bond donors (Lipinski definition) is 0. The monoisotopic (exact) mass is 831 g/mol. The molecule has 0 amide bonds. The van der Waals surface area contributed by atoms with Crippen molar-refractivity contribution in [3.8, 4) is 0 Å². The maximum atomic E-state index is 6.61. The molecule has 0 saturated heterocycles. The highest BCUT2D eigenvalue weighted by molar-refractivity contribution is 5.25. The van der Waals surface area contributed by atoms with Crippen LogP contribution in [0.3, 0.4) is 0 Å². The lowest BCUT2D eigenvalue weighted by Crippen LogP contribution is -2.51. The molecule has 9 unspecified atom stereocenters. The van der Waals surface area contributed by atoms with Crippen LogP contribution in [0.15, 0.2) is 54.7 Å². The largest absolute Gasteiger partial charge is 0.379 e. The second kappa shape index (κ2) is 26.8. The van der Waals surface area contributed by atoms with Crippen LogP contribution in [0.2, 0.25) is 0 Å². The van der Waals surface area contributed by atoms with Gasteiger partial charge in [-0.2, -0.15) is 0 Å². The predicted octanol–water partition coefficient (Wildman–Crippen LogP) is 15.3. The van der Waals surface area contributed by atoms with E-state index in [0.29, 0.717) is 23.5 Å². The molecule has 1 aromatic heterocycles. The molecule has 3 saturated carbocycles. The Morgan fingerprint density at radius 3 is 2.30 bits per heavy atom. The number of hydrogen-bond acceptors (Lipinski definition) is 4. The molecule has 0 aliphatic heterocycles. The van der Waals surface area contributed by atoms with Crippen molar-refractivity contribution in [2.45, 2.75) is 221 Å². The van der Waals surface area contributed by atoms with Gasteiger partial charge in [0.25, 0.3) is 0 Å². The molecule has 0 bridgehead atoms. The van der Waals surface area contributed by atoms with E-state index in [4.69, 9.17) is 14.2 Å². The number of fused-ring (bicyclic) bond motifs is 5. The van der Waals surface area contributed by atoms with Crippen molar-refractivity contribution in [3.05, 3.63) is 54.7 Å². The van der Waals surface area contributed by atoms with Gasteiger partial charge in [-0.25, -0.2) is 4.98 Å². The highest BCUT2D eigenvalue weighted by atomic mass is 16.5. The predicted molar refractivity (Wildman–Crippen MR) is 254 cm³/mol. The van der Waals surface area contributed by atoms with E-state index >= 15 is 0 Å². The maximum Gasteiger partial charge on any atom is 0.0987 e. The van der Waals surface area contributed by atoms with Gasteiger partial charge in [0.05, 0.1) is 31.7 Å². The third-order valence-electron chi connectivity index (χ3n) is 16.3. The Hall–Kier alpha value is -1.69. The van der Waals surface area contributed by atoms with Crippen LogP contribution in [0.25, 0.3) is 0 Å². The third kappa shape index (κ3) is 15.2. The molecular weight excluding hydrogens is 737 g/mol. The molecule has 3 fully saturated rings. The van der Waals surface area contributed by atoms with E-state index < -0.39 is 0 Å². The number of rotatable bonds is 31. The summed E-state index contributed by atoms with van der Waals surface area (Å²) in [6.45, 7) is 18.9. The number of imidazole rings is 1. The van der Waals surface area contributed by atoms with E-state index in [1.54, 1.807) is 5.57 Å². The van der Waals surface area contributed by atoms with E-state index in [2.05, 4.69) is 81.5 Å². The number of allylic oxidation sites excluding steroid dienone is 5. The van der Waals surface area contributed by atoms with E-state index in [9.17, 15) is 0 Å². The Balaban J connectivity index is 0.921. The van der Waals surface area contributed by atoms with Gasteiger partial charge >= 0.3 is 0 Å². The van der Waals surface area contributed by atoms with Crippen molar-refractivity contribution in [2.24, 2.45) is 46.3 Å². The van der Waals surface area contributed by atoms with Gasteiger partial charge in [-0.15, -0.1) is 0 Å². The van der Waals surface area contributed by atoms with Gasteiger partial charge in [0.15, 0.2) is 0 Å². The smallest absolute Gasteiger partial charge is 0.0987 e. The van der Waals surface area contributed by atoms with Crippen molar-refractivity contribution in [1.82, 2.24) is 9.55 Å². The molecule has 9 atom stereocenters. The fraction of sp³-hybridized carbons (Fsp3) is 0.836. The lowest BCUT2D eigenvalue weighted by atomic mass is 9.47. The molecule has 1 heterocycles. The van der Waals surface area contributed by atoms with Gasteiger partial charge in [-0.1, -0.05) is 135 Å². The number of unbranched alkanes of at least 4 members (excludes halogenated alkanes) is 10. The number of ether oxygens (including phenoxy) is 3. The Labute approximate surface area is 370 Å². The Bertz CT molecular complexity index is 1370. The van der Waals surface area contributed by atoms with E-state index in [-0.39, 0.29) is 6.10 Å². The number of aromatic nitrogens is 2. The molecule has 5 rings (SSSR count). The first kappa shape index (κ1) is 49.3. The molecule has 5 nitrogen and oxygen atoms in total. The van der Waals surface area contributed by atoms with E-state index in [1.165, 1.54) is 128 Å². The average molecular weight is 831 g/mol. The zero-order valence-corrected chi connectivity index (χ0v) is 40.1. The molecule has 0 radical (unpaired) electrons. The van der Waals surface area contributed by atoms with Crippen LogP contribution in [0.5, 0.6) is 0 Å². The highest BCUT2D eigenvalue weighted by Gasteiger charge is 2.59. The standard InChI is InChI=1S/C55H94N2O3/c1-7-8-9-10-11-12-13-14-15-16-17-18-19-20-21-22-38-58-43-49(42-57-37-36-56-44-57)60-40-24-23-39-59-48-32-34-54(5)47(41-48)28-29-50-52-31-30-51(46(4)27-25-26-45(2)3)55(52,6)35-33-53(50)54/h11-12,14-15,28,36-37,44-46,48-53H,7-10,13,16-27,29-35,38-43H2,1-6H3/b12-11-,15-14-. The van der Waals surface area contributed by atoms with Gasteiger partial charge in [0.2, 0.25) is 0 Å². The summed E-state index contributed by atoms with van der Waals surface area (Å²) >= 11 is 0. The Kier molecular flexibility index (Phi) is 22.1. The van der Waals surface area contributed by atoms with Crippen LogP contribution in [0, 0.1) is 46.3 Å². The first-order valence-corrected chi connectivity index (χ1v) is 26.0. The van der Waals surface area contributed by atoms with Crippen molar-refractivity contribution < 1.29 is 14.2 Å². The van der Waals surface area contributed by atoms with Crippen molar-refractivity contribution >= 4 is 0 Å². The fourth-order valence-corrected chi connectivity index (χ4v) is 12.7. The first-order valence-electron chi connectivity index (χ1n) is 26.0. The van der Waals surface area contributed by atoms with Gasteiger partial charge in [0.1, 0.15) is 0 Å². The van der Waals surface area contributed by atoms with Gasteiger partial charge in [0, 0.05) is 32.2 Å². The summed E-state index contributed by atoms with van der Waals surface area (Å²) in [5.41, 5.74) is 2.72. The van der Waals surface area contributed by atoms with Gasteiger partial charge < -0.3 is 18.8 Å². The third-order valence-corrected chi connectivity index (χ3v) is 16.3. The quantitative estimate of drug-likeness (QED) is 0.0552. The molecule has 4 aliphatic carbocycles. The minimum absolute atomic E-state index is 0.0497. The maximum absolute atomic E-state index is 6.61. The van der Waals surface area contributed by atoms with E-state index in [0.717, 1.165) is 94.0 Å². The molecule has 342 valence electrons. The topological polar surface area (TPSA) is 45.5 Å². The summed E-state index contributed by atoms with van der Waals surface area (Å²) in [7, 11) is 0. The Morgan fingerprint density at radius 1 is 0.783 bits per heavy atom. The highest BCUT2D eigenvalue weighted by Crippen LogP contribution is 2.67. The minimum Gasteiger partial charge on any atom is -0.379 e. The average Bonchev–Trinajstić information content (AvgIpc) is 3.88. The molecule has 0 N–H and O–H groups in total. The minimum atomic E-state index is 0.0497. The molecule has 0 spiro atoms. The first-order chi connectivity index (χ1) is 29.2. The van der Waals surface area contributed by atoms with Crippen molar-refractivity contribution in [2.75, 3.05) is 26.4 Å². The molecule has 60 heavy (non-hydrogen) atoms. The normalized spacial score (nSPS) is 28.9. The van der Waals surface area contributed by atoms with E-state index in [1.807, 2.05) is 18.7 Å². The molecule has 1 aromatic rings. The summed E-state index contributed by atoms with van der Waals surface area (Å²) in [6.07, 6.45) is 50.8. The second-order valence-corrected chi connectivity index (χ2v) is 21.1. The molecule has 4 aliphatic rings. The SMILES string of the molecule is CCCCC/C=C\C/C=C\CCCCCCCCOCC(Cn1ccnc1)OCCCCOC1CCC2(C)C(=CCC3C2CCC2(C)C(C(C)CCCC(C)C)CCC32)C1. The van der Waals surface area contributed by atoms with Crippen LogP contribution in [-0.2, 0) is 20.8 Å². The van der Waals surface area contributed by atoms with Crippen molar-refractivity contribution in [3.63, 3.8) is 0 Å². The second-order valence-electron chi connectivity index (χ2n) is 21.1.